The maximum absolute atomic E-state index is 12.5. The molecule has 1 atom stereocenters. The molecule has 1 amide bonds. The Hall–Kier alpha value is -1.54. The summed E-state index contributed by atoms with van der Waals surface area (Å²) in [6, 6.07) is 2.96. The van der Waals surface area contributed by atoms with Crippen LogP contribution in [0.15, 0.2) is 12.1 Å². The number of hydrogen-bond acceptors (Lipinski definition) is 6. The third-order valence-corrected chi connectivity index (χ3v) is 3.70. The van der Waals surface area contributed by atoms with Crippen LogP contribution < -0.4 is 10.5 Å². The van der Waals surface area contributed by atoms with Crippen molar-refractivity contribution in [1.29, 1.82) is 0 Å². The van der Waals surface area contributed by atoms with Gasteiger partial charge in [0.25, 0.3) is 5.91 Å². The topological polar surface area (TPSA) is 94.3 Å². The summed E-state index contributed by atoms with van der Waals surface area (Å²) in [5.74, 6) is -0.00346. The van der Waals surface area contributed by atoms with Crippen LogP contribution in [0.5, 0.6) is 5.75 Å². The van der Waals surface area contributed by atoms with E-state index < -0.39 is 6.10 Å². The number of nitrogens with zero attached hydrogens (tertiary/aromatic N) is 1. The normalized spacial score (nSPS) is 12.3. The maximum atomic E-state index is 12.5. The van der Waals surface area contributed by atoms with Gasteiger partial charge in [0.2, 0.25) is 0 Å². The number of nitrogens with two attached hydrogens (primary N) is 1. The van der Waals surface area contributed by atoms with Crippen LogP contribution in [0.2, 0.25) is 5.02 Å². The van der Waals surface area contributed by atoms with Gasteiger partial charge in [0.1, 0.15) is 5.75 Å². The number of aliphatic hydroxyl groups is 1. The van der Waals surface area contributed by atoms with Gasteiger partial charge in [-0.1, -0.05) is 11.6 Å². The Labute approximate surface area is 153 Å². The number of aliphatic hydroxyl groups excluding tert-OH is 1. The number of nitrogen functional groups attached to an aromatic ring is 1. The van der Waals surface area contributed by atoms with Crippen LogP contribution in [0.4, 0.5) is 5.69 Å². The Bertz CT molecular complexity index is 568. The third kappa shape index (κ3) is 7.07. The summed E-state index contributed by atoms with van der Waals surface area (Å²) >= 11 is 5.99. The van der Waals surface area contributed by atoms with Crippen LogP contribution in [0.3, 0.4) is 0 Å². The Morgan fingerprint density at radius 3 is 2.64 bits per heavy atom. The zero-order chi connectivity index (χ0) is 19.0. The molecule has 0 aliphatic heterocycles. The number of amides is 1. The molecule has 1 rings (SSSR count). The van der Waals surface area contributed by atoms with Crippen molar-refractivity contribution in [2.75, 3.05) is 46.3 Å². The molecule has 1 aromatic rings. The van der Waals surface area contributed by atoms with Crippen molar-refractivity contribution in [3.8, 4) is 5.75 Å². The highest BCUT2D eigenvalue weighted by molar-refractivity contribution is 6.33. The third-order valence-electron chi connectivity index (χ3n) is 3.37. The molecule has 3 N–H and O–H groups in total. The molecule has 0 saturated heterocycles. The Balaban J connectivity index is 2.55. The largest absolute Gasteiger partial charge is 0.496 e. The van der Waals surface area contributed by atoms with Gasteiger partial charge in [0, 0.05) is 19.7 Å². The molecule has 0 aliphatic rings. The predicted molar refractivity (Wildman–Crippen MR) is 97.3 cm³/mol. The predicted octanol–water partition coefficient (Wildman–Crippen LogP) is 1.81. The van der Waals surface area contributed by atoms with E-state index in [2.05, 4.69) is 0 Å². The summed E-state index contributed by atoms with van der Waals surface area (Å²) in [4.78, 5) is 13.9. The SMILES string of the molecule is COc1cc(N)c(Cl)cc1C(=O)N(C)CC(O)COCCOC(C)C. The monoisotopic (exact) mass is 374 g/mol. The average Bonchev–Trinajstić information content (AvgIpc) is 2.55. The summed E-state index contributed by atoms with van der Waals surface area (Å²) in [7, 11) is 3.03. The fraction of sp³-hybridized carbons (Fsp3) is 0.588. The lowest BCUT2D eigenvalue weighted by Crippen LogP contribution is -2.36. The van der Waals surface area contributed by atoms with Gasteiger partial charge in [-0.15, -0.1) is 0 Å². The van der Waals surface area contributed by atoms with Gasteiger partial charge >= 0.3 is 0 Å². The molecule has 1 aromatic carbocycles. The molecule has 0 heterocycles. The quantitative estimate of drug-likeness (QED) is 0.479. The van der Waals surface area contributed by atoms with Crippen molar-refractivity contribution in [2.24, 2.45) is 0 Å². The van der Waals surface area contributed by atoms with Crippen molar-refractivity contribution in [3.05, 3.63) is 22.7 Å². The molecule has 0 aliphatic carbocycles. The number of anilines is 1. The first-order chi connectivity index (χ1) is 11.8. The van der Waals surface area contributed by atoms with Crippen molar-refractivity contribution < 1.29 is 24.1 Å². The Morgan fingerprint density at radius 1 is 1.36 bits per heavy atom. The minimum Gasteiger partial charge on any atom is -0.496 e. The number of benzene rings is 1. The lowest BCUT2D eigenvalue weighted by atomic mass is 10.1. The molecule has 0 saturated carbocycles. The van der Waals surface area contributed by atoms with E-state index in [0.29, 0.717) is 24.7 Å². The molecule has 25 heavy (non-hydrogen) atoms. The molecular weight excluding hydrogens is 348 g/mol. The first-order valence-electron chi connectivity index (χ1n) is 8.02. The van der Waals surface area contributed by atoms with Crippen molar-refractivity contribution in [1.82, 2.24) is 4.90 Å². The van der Waals surface area contributed by atoms with Crippen LogP contribution in [-0.4, -0.2) is 68.6 Å². The molecule has 0 radical (unpaired) electrons. The number of carbonyl (C=O) groups is 1. The van der Waals surface area contributed by atoms with Gasteiger partial charge in [-0.25, -0.2) is 0 Å². The van der Waals surface area contributed by atoms with Crippen LogP contribution in [0.1, 0.15) is 24.2 Å². The zero-order valence-electron chi connectivity index (χ0n) is 15.1. The number of likely N-dealkylation sites (N-methyl/N-ethyl adjacent to an activating group) is 1. The Morgan fingerprint density at radius 2 is 2.04 bits per heavy atom. The molecule has 142 valence electrons. The van der Waals surface area contributed by atoms with Gasteiger partial charge in [0.05, 0.1) is 55.4 Å². The van der Waals surface area contributed by atoms with Crippen LogP contribution in [0, 0.1) is 0 Å². The average molecular weight is 375 g/mol. The number of carbonyl (C=O) groups excluding carboxylic acids is 1. The van der Waals surface area contributed by atoms with Crippen molar-refractivity contribution in [3.63, 3.8) is 0 Å². The molecule has 0 aromatic heterocycles. The molecule has 7 nitrogen and oxygen atoms in total. The van der Waals surface area contributed by atoms with E-state index in [1.54, 1.807) is 7.05 Å². The van der Waals surface area contributed by atoms with E-state index in [9.17, 15) is 9.90 Å². The van der Waals surface area contributed by atoms with Crippen molar-refractivity contribution in [2.45, 2.75) is 26.1 Å². The van der Waals surface area contributed by atoms with Gasteiger partial charge < -0.3 is 30.0 Å². The highest BCUT2D eigenvalue weighted by atomic mass is 35.5. The number of hydrogen-bond donors (Lipinski definition) is 2. The maximum Gasteiger partial charge on any atom is 0.257 e. The molecular formula is C17H27ClN2O5. The summed E-state index contributed by atoms with van der Waals surface area (Å²) in [5, 5.41) is 10.3. The second-order valence-electron chi connectivity index (χ2n) is 5.91. The fourth-order valence-electron chi connectivity index (χ4n) is 2.12. The van der Waals surface area contributed by atoms with Crippen molar-refractivity contribution >= 4 is 23.2 Å². The lowest BCUT2D eigenvalue weighted by Gasteiger charge is -2.22. The summed E-state index contributed by atoms with van der Waals surface area (Å²) in [5.41, 5.74) is 6.33. The zero-order valence-corrected chi connectivity index (χ0v) is 15.9. The van der Waals surface area contributed by atoms with Gasteiger partial charge in [0.15, 0.2) is 0 Å². The highest BCUT2D eigenvalue weighted by Crippen LogP contribution is 2.29. The van der Waals surface area contributed by atoms with Crippen LogP contribution in [-0.2, 0) is 9.47 Å². The minimum absolute atomic E-state index is 0.106. The van der Waals surface area contributed by atoms with E-state index in [1.807, 2.05) is 13.8 Å². The highest BCUT2D eigenvalue weighted by Gasteiger charge is 2.20. The minimum atomic E-state index is -0.816. The second kappa shape index (κ2) is 10.5. The van der Waals surface area contributed by atoms with Gasteiger partial charge in [-0.05, 0) is 19.9 Å². The van der Waals surface area contributed by atoms with E-state index >= 15 is 0 Å². The summed E-state index contributed by atoms with van der Waals surface area (Å²) in [6.07, 6.45) is -0.678. The van der Waals surface area contributed by atoms with Crippen LogP contribution >= 0.6 is 11.6 Å². The molecule has 1 unspecified atom stereocenters. The molecule has 0 spiro atoms. The first-order valence-corrected chi connectivity index (χ1v) is 8.39. The van der Waals surface area contributed by atoms with Crippen LogP contribution in [0.25, 0.3) is 0 Å². The number of rotatable bonds is 10. The number of methoxy groups -OCH3 is 1. The standard InChI is InChI=1S/C17H27ClN2O5/c1-11(2)25-6-5-24-10-12(21)9-20(3)17(22)13-7-14(18)15(19)8-16(13)23-4/h7-8,11-12,21H,5-6,9-10,19H2,1-4H3. The molecule has 8 heteroatoms. The number of ether oxygens (including phenoxy) is 3. The van der Waals surface area contributed by atoms with E-state index in [1.165, 1.54) is 24.1 Å². The lowest BCUT2D eigenvalue weighted by molar-refractivity contribution is -0.0160. The fourth-order valence-corrected chi connectivity index (χ4v) is 2.29. The summed E-state index contributed by atoms with van der Waals surface area (Å²) < 4.78 is 15.9. The van der Waals surface area contributed by atoms with Gasteiger partial charge in [-0.3, -0.25) is 4.79 Å². The number of halogens is 1. The molecule has 0 bridgehead atoms. The molecule has 0 fully saturated rings. The van der Waals surface area contributed by atoms with E-state index in [4.69, 9.17) is 31.5 Å². The van der Waals surface area contributed by atoms with E-state index in [-0.39, 0.29) is 35.7 Å². The smallest absolute Gasteiger partial charge is 0.257 e. The Kier molecular flexibility index (Phi) is 8.99. The van der Waals surface area contributed by atoms with Gasteiger partial charge in [-0.2, -0.15) is 0 Å². The van der Waals surface area contributed by atoms with E-state index in [0.717, 1.165) is 0 Å². The second-order valence-corrected chi connectivity index (χ2v) is 6.32. The first kappa shape index (κ1) is 21.5. The summed E-state index contributed by atoms with van der Waals surface area (Å²) in [6.45, 7) is 4.93.